The number of carbonyl (C=O) groups excluding carboxylic acids is 3. The zero-order chi connectivity index (χ0) is 12.1. The van der Waals surface area contributed by atoms with Gasteiger partial charge < -0.3 is 5.32 Å². The van der Waals surface area contributed by atoms with Crippen LogP contribution in [0.5, 0.6) is 0 Å². The third kappa shape index (κ3) is 3.49. The molecule has 0 bridgehead atoms. The summed E-state index contributed by atoms with van der Waals surface area (Å²) in [7, 11) is 0. The van der Waals surface area contributed by atoms with Crippen LogP contribution in [0.3, 0.4) is 0 Å². The Kier molecular flexibility index (Phi) is 4.22. The molecule has 3 amide bonds. The van der Waals surface area contributed by atoms with Gasteiger partial charge in [0.1, 0.15) is 0 Å². The number of imide groups is 1. The highest BCUT2D eigenvalue weighted by Gasteiger charge is 2.28. The minimum Gasteiger partial charge on any atom is -0.352 e. The Balaban J connectivity index is 2.28. The van der Waals surface area contributed by atoms with Gasteiger partial charge in [0.25, 0.3) is 0 Å². The molecule has 0 saturated carbocycles. The first-order valence-corrected chi connectivity index (χ1v) is 5.25. The minimum atomic E-state index is -0.183. The predicted octanol–water partition coefficient (Wildman–Crippen LogP) is 0.218. The van der Waals surface area contributed by atoms with E-state index >= 15 is 0 Å². The molecule has 16 heavy (non-hydrogen) atoms. The maximum absolute atomic E-state index is 11.3. The number of hydrogen-bond acceptors (Lipinski definition) is 3. The van der Waals surface area contributed by atoms with Crippen molar-refractivity contribution in [2.24, 2.45) is 0 Å². The van der Waals surface area contributed by atoms with Crippen molar-refractivity contribution in [2.45, 2.75) is 26.2 Å². The summed E-state index contributed by atoms with van der Waals surface area (Å²) < 4.78 is 0. The van der Waals surface area contributed by atoms with E-state index in [1.165, 1.54) is 0 Å². The molecule has 1 fully saturated rings. The monoisotopic (exact) mass is 224 g/mol. The van der Waals surface area contributed by atoms with E-state index in [9.17, 15) is 14.4 Å². The van der Waals surface area contributed by atoms with Crippen molar-refractivity contribution in [2.75, 3.05) is 13.1 Å². The van der Waals surface area contributed by atoms with Crippen LogP contribution in [0.4, 0.5) is 0 Å². The van der Waals surface area contributed by atoms with Crippen LogP contribution < -0.4 is 5.32 Å². The summed E-state index contributed by atoms with van der Waals surface area (Å²) in [5, 5.41) is 2.65. The van der Waals surface area contributed by atoms with Crippen LogP contribution in [0, 0.1) is 0 Å². The van der Waals surface area contributed by atoms with Crippen molar-refractivity contribution in [3.8, 4) is 0 Å². The molecule has 0 atom stereocenters. The fourth-order valence-electron chi connectivity index (χ4n) is 1.42. The van der Waals surface area contributed by atoms with Crippen LogP contribution in [0.1, 0.15) is 26.2 Å². The van der Waals surface area contributed by atoms with Gasteiger partial charge in [0.2, 0.25) is 17.7 Å². The number of nitrogens with one attached hydrogen (secondary N) is 1. The summed E-state index contributed by atoms with van der Waals surface area (Å²) in [5.74, 6) is -0.536. The number of nitrogens with zero attached hydrogens (tertiary/aromatic N) is 1. The lowest BCUT2D eigenvalue weighted by Crippen LogP contribution is -2.34. The van der Waals surface area contributed by atoms with Crippen LogP contribution in [0.2, 0.25) is 0 Å². The van der Waals surface area contributed by atoms with Gasteiger partial charge in [-0.3, -0.25) is 19.3 Å². The smallest absolute Gasteiger partial charge is 0.229 e. The minimum absolute atomic E-state index is 0.157. The van der Waals surface area contributed by atoms with Gasteiger partial charge in [-0.15, -0.1) is 0 Å². The second-order valence-corrected chi connectivity index (χ2v) is 3.92. The van der Waals surface area contributed by atoms with Crippen molar-refractivity contribution < 1.29 is 14.4 Å². The summed E-state index contributed by atoms with van der Waals surface area (Å²) in [6, 6.07) is 0. The molecule has 1 N–H and O–H groups in total. The number of likely N-dealkylation sites (tertiary alicyclic amines) is 1. The molecule has 0 aromatic heterocycles. The van der Waals surface area contributed by atoms with Gasteiger partial charge in [-0.25, -0.2) is 0 Å². The molecule has 1 aliphatic rings. The highest BCUT2D eigenvalue weighted by Crippen LogP contribution is 2.11. The number of rotatable bonds is 5. The second-order valence-electron chi connectivity index (χ2n) is 3.92. The van der Waals surface area contributed by atoms with E-state index in [2.05, 4.69) is 11.9 Å². The summed E-state index contributed by atoms with van der Waals surface area (Å²) in [5.41, 5.74) is 0.863. The lowest BCUT2D eigenvalue weighted by Gasteiger charge is -2.13. The first-order chi connectivity index (χ1) is 7.50. The molecule has 1 aliphatic heterocycles. The fourth-order valence-corrected chi connectivity index (χ4v) is 1.42. The highest BCUT2D eigenvalue weighted by atomic mass is 16.2. The molecule has 1 heterocycles. The van der Waals surface area contributed by atoms with E-state index in [0.717, 1.165) is 10.5 Å². The van der Waals surface area contributed by atoms with Gasteiger partial charge in [-0.2, -0.15) is 0 Å². The largest absolute Gasteiger partial charge is 0.352 e. The zero-order valence-electron chi connectivity index (χ0n) is 9.41. The molecule has 0 radical (unpaired) electrons. The van der Waals surface area contributed by atoms with Gasteiger partial charge in [0.15, 0.2) is 0 Å². The lowest BCUT2D eigenvalue weighted by molar-refractivity contribution is -0.138. The third-order valence-electron chi connectivity index (χ3n) is 2.30. The second kappa shape index (κ2) is 5.44. The lowest BCUT2D eigenvalue weighted by atomic mass is 10.3. The van der Waals surface area contributed by atoms with E-state index in [1.807, 2.05) is 6.92 Å². The molecule has 1 saturated heterocycles. The molecule has 0 aliphatic carbocycles. The van der Waals surface area contributed by atoms with Crippen LogP contribution in [0.15, 0.2) is 12.2 Å². The van der Waals surface area contributed by atoms with Crippen LogP contribution in [-0.4, -0.2) is 35.7 Å². The normalized spacial score (nSPS) is 15.4. The van der Waals surface area contributed by atoms with Crippen molar-refractivity contribution in [1.29, 1.82) is 0 Å². The predicted molar refractivity (Wildman–Crippen MR) is 58.4 cm³/mol. The number of carbonyl (C=O) groups is 3. The van der Waals surface area contributed by atoms with Gasteiger partial charge in [0, 0.05) is 32.4 Å². The van der Waals surface area contributed by atoms with Crippen molar-refractivity contribution in [3.05, 3.63) is 12.2 Å². The van der Waals surface area contributed by atoms with Gasteiger partial charge in [0.05, 0.1) is 0 Å². The quantitative estimate of drug-likeness (QED) is 0.536. The topological polar surface area (TPSA) is 66.5 Å². The van der Waals surface area contributed by atoms with Crippen LogP contribution >= 0.6 is 0 Å². The maximum Gasteiger partial charge on any atom is 0.229 e. The van der Waals surface area contributed by atoms with E-state index in [1.54, 1.807) is 0 Å². The standard InChI is InChI=1S/C11H16N2O3/c1-8(2)7-12-9(14)5-6-13-10(15)3-4-11(13)16/h1,3-7H2,2H3,(H,12,14). The van der Waals surface area contributed by atoms with E-state index < -0.39 is 0 Å². The van der Waals surface area contributed by atoms with Crippen LogP contribution in [-0.2, 0) is 14.4 Å². The molecular weight excluding hydrogens is 208 g/mol. The van der Waals surface area contributed by atoms with E-state index in [4.69, 9.17) is 0 Å². The average Bonchev–Trinajstić information content (AvgIpc) is 2.53. The molecule has 5 heteroatoms. The zero-order valence-corrected chi connectivity index (χ0v) is 9.41. The third-order valence-corrected chi connectivity index (χ3v) is 2.30. The summed E-state index contributed by atoms with van der Waals surface area (Å²) in [6.45, 7) is 6.08. The summed E-state index contributed by atoms with van der Waals surface area (Å²) in [4.78, 5) is 34.9. The summed E-state index contributed by atoms with van der Waals surface area (Å²) >= 11 is 0. The van der Waals surface area contributed by atoms with Crippen molar-refractivity contribution in [1.82, 2.24) is 10.2 Å². The SMILES string of the molecule is C=C(C)CNC(=O)CCN1C(=O)CCC1=O. The van der Waals surface area contributed by atoms with Crippen molar-refractivity contribution >= 4 is 17.7 Å². The Hall–Kier alpha value is -1.65. The Morgan fingerprint density at radius 2 is 1.94 bits per heavy atom. The first kappa shape index (κ1) is 12.4. The molecule has 0 spiro atoms. The molecule has 88 valence electrons. The van der Waals surface area contributed by atoms with Gasteiger partial charge in [-0.1, -0.05) is 12.2 Å². The first-order valence-electron chi connectivity index (χ1n) is 5.25. The molecule has 0 aromatic rings. The fraction of sp³-hybridized carbons (Fsp3) is 0.545. The van der Waals surface area contributed by atoms with E-state index in [-0.39, 0.29) is 43.5 Å². The molecule has 0 unspecified atom stereocenters. The highest BCUT2D eigenvalue weighted by molar-refractivity contribution is 6.02. The number of hydrogen-bond donors (Lipinski definition) is 1. The Labute approximate surface area is 94.5 Å². The Morgan fingerprint density at radius 1 is 1.38 bits per heavy atom. The van der Waals surface area contributed by atoms with Gasteiger partial charge >= 0.3 is 0 Å². The molecule has 0 aromatic carbocycles. The van der Waals surface area contributed by atoms with Crippen molar-refractivity contribution in [3.63, 3.8) is 0 Å². The Bertz CT molecular complexity index is 320. The summed E-state index contributed by atoms with van der Waals surface area (Å²) in [6.07, 6.45) is 0.698. The Morgan fingerprint density at radius 3 is 2.44 bits per heavy atom. The number of amides is 3. The average molecular weight is 224 g/mol. The molecule has 1 rings (SSSR count). The maximum atomic E-state index is 11.3. The molecular formula is C11H16N2O3. The van der Waals surface area contributed by atoms with Crippen LogP contribution in [0.25, 0.3) is 0 Å². The van der Waals surface area contributed by atoms with Gasteiger partial charge in [-0.05, 0) is 6.92 Å². The van der Waals surface area contributed by atoms with E-state index in [0.29, 0.717) is 6.54 Å². The molecule has 5 nitrogen and oxygen atoms in total.